The van der Waals surface area contributed by atoms with Crippen molar-refractivity contribution in [3.63, 3.8) is 0 Å². The summed E-state index contributed by atoms with van der Waals surface area (Å²) in [5.41, 5.74) is 0.298. The predicted octanol–water partition coefficient (Wildman–Crippen LogP) is 4.10. The molecule has 0 saturated heterocycles. The van der Waals surface area contributed by atoms with Gasteiger partial charge >= 0.3 is 6.18 Å². The van der Waals surface area contributed by atoms with E-state index in [1.807, 2.05) is 0 Å². The van der Waals surface area contributed by atoms with E-state index in [2.05, 4.69) is 0 Å². The first-order chi connectivity index (χ1) is 7.05. The molecule has 0 saturated carbocycles. The van der Waals surface area contributed by atoms with Crippen molar-refractivity contribution in [3.8, 4) is 0 Å². The molecule has 0 aromatic heterocycles. The van der Waals surface area contributed by atoms with Crippen LogP contribution in [0.15, 0.2) is 36.4 Å². The summed E-state index contributed by atoms with van der Waals surface area (Å²) in [6.07, 6.45) is -2.67. The highest BCUT2D eigenvalue weighted by atomic mass is 19.4. The zero-order valence-corrected chi connectivity index (χ0v) is 8.17. The Kier molecular flexibility index (Phi) is 3.95. The molecule has 1 atom stereocenters. The van der Waals surface area contributed by atoms with E-state index in [1.165, 1.54) is 18.2 Å². The Hall–Kier alpha value is -1.25. The lowest BCUT2D eigenvalue weighted by molar-refractivity contribution is -0.151. The van der Waals surface area contributed by atoms with Gasteiger partial charge in [0.1, 0.15) is 0 Å². The molecule has 0 N–H and O–H groups in total. The van der Waals surface area contributed by atoms with Crippen LogP contribution in [0.25, 0.3) is 0 Å². The zero-order chi connectivity index (χ0) is 11.3. The molecule has 0 nitrogen and oxygen atoms in total. The zero-order valence-electron chi connectivity index (χ0n) is 8.17. The van der Waals surface area contributed by atoms with Crippen LogP contribution in [-0.2, 0) is 0 Å². The normalized spacial score (nSPS) is 13.5. The van der Waals surface area contributed by atoms with Gasteiger partial charge in [-0.3, -0.25) is 0 Å². The SMILES string of the molecule is [CH]=CCCC(c1ccccc1)C(F)(F)F. The minimum Gasteiger partial charge on any atom is -0.170 e. The summed E-state index contributed by atoms with van der Waals surface area (Å²) < 4.78 is 38.0. The van der Waals surface area contributed by atoms with Crippen LogP contribution in [0.3, 0.4) is 0 Å². The molecule has 0 heterocycles. The smallest absolute Gasteiger partial charge is 0.170 e. The summed E-state index contributed by atoms with van der Waals surface area (Å²) in [5, 5.41) is 0. The van der Waals surface area contributed by atoms with Crippen LogP contribution in [0.1, 0.15) is 24.3 Å². The van der Waals surface area contributed by atoms with Crippen molar-refractivity contribution in [2.75, 3.05) is 0 Å². The Morgan fingerprint density at radius 1 is 1.20 bits per heavy atom. The van der Waals surface area contributed by atoms with Gasteiger partial charge in [0, 0.05) is 0 Å². The number of hydrogen-bond donors (Lipinski definition) is 0. The molecule has 0 spiro atoms. The Morgan fingerprint density at radius 2 is 1.80 bits per heavy atom. The molecule has 0 aliphatic heterocycles. The highest BCUT2D eigenvalue weighted by Gasteiger charge is 2.39. The number of allylic oxidation sites excluding steroid dienone is 1. The molecule has 1 aromatic rings. The lowest BCUT2D eigenvalue weighted by Crippen LogP contribution is -2.20. The molecular weight excluding hydrogens is 201 g/mol. The van der Waals surface area contributed by atoms with Gasteiger partial charge in [-0.15, -0.1) is 0 Å². The fraction of sp³-hybridized carbons (Fsp3) is 0.333. The van der Waals surface area contributed by atoms with Crippen molar-refractivity contribution >= 4 is 0 Å². The number of halogens is 3. The van der Waals surface area contributed by atoms with Crippen molar-refractivity contribution < 1.29 is 13.2 Å². The van der Waals surface area contributed by atoms with Gasteiger partial charge in [0.05, 0.1) is 5.92 Å². The second-order valence-electron chi connectivity index (χ2n) is 3.32. The summed E-state index contributed by atoms with van der Waals surface area (Å²) in [7, 11) is 0. The molecule has 0 aliphatic rings. The second-order valence-corrected chi connectivity index (χ2v) is 3.32. The Balaban J connectivity index is 2.86. The van der Waals surface area contributed by atoms with Gasteiger partial charge in [-0.05, 0) is 18.4 Å². The number of hydrogen-bond acceptors (Lipinski definition) is 0. The van der Waals surface area contributed by atoms with Crippen LogP contribution in [0.4, 0.5) is 13.2 Å². The Morgan fingerprint density at radius 3 is 2.27 bits per heavy atom. The van der Waals surface area contributed by atoms with E-state index in [1.54, 1.807) is 18.2 Å². The average molecular weight is 213 g/mol. The van der Waals surface area contributed by atoms with Crippen LogP contribution in [0, 0.1) is 6.58 Å². The van der Waals surface area contributed by atoms with Gasteiger partial charge < -0.3 is 0 Å². The number of rotatable bonds is 4. The van der Waals surface area contributed by atoms with E-state index in [-0.39, 0.29) is 12.8 Å². The fourth-order valence-electron chi connectivity index (χ4n) is 1.47. The Bertz CT molecular complexity index is 300. The van der Waals surface area contributed by atoms with Crippen LogP contribution >= 0.6 is 0 Å². The molecule has 1 aromatic carbocycles. The van der Waals surface area contributed by atoms with Gasteiger partial charge in [-0.1, -0.05) is 43.0 Å². The Labute approximate surface area is 87.4 Å². The molecular formula is C12H12F3. The van der Waals surface area contributed by atoms with E-state index in [0.717, 1.165) is 0 Å². The highest BCUT2D eigenvalue weighted by molar-refractivity contribution is 5.21. The first kappa shape index (κ1) is 11.8. The van der Waals surface area contributed by atoms with E-state index >= 15 is 0 Å². The van der Waals surface area contributed by atoms with Gasteiger partial charge in [-0.25, -0.2) is 0 Å². The van der Waals surface area contributed by atoms with Crippen LogP contribution in [-0.4, -0.2) is 6.18 Å². The van der Waals surface area contributed by atoms with Crippen molar-refractivity contribution in [2.24, 2.45) is 0 Å². The third-order valence-electron chi connectivity index (χ3n) is 2.22. The standard InChI is InChI=1S/C12H12F3/c1-2-3-9-11(12(13,14)15)10-7-5-4-6-8-10/h1-2,4-8,11H,3,9H2. The minimum absolute atomic E-state index is 0.00398. The molecule has 1 rings (SSSR count). The summed E-state index contributed by atoms with van der Waals surface area (Å²) in [6, 6.07) is 7.91. The molecule has 0 amide bonds. The number of alkyl halides is 3. The summed E-state index contributed by atoms with van der Waals surface area (Å²) in [6.45, 7) is 5.11. The molecule has 0 aliphatic carbocycles. The van der Waals surface area contributed by atoms with Crippen molar-refractivity contribution in [1.82, 2.24) is 0 Å². The van der Waals surface area contributed by atoms with Gasteiger partial charge in [0.2, 0.25) is 0 Å². The van der Waals surface area contributed by atoms with E-state index in [0.29, 0.717) is 5.56 Å². The quantitative estimate of drug-likeness (QED) is 0.706. The highest BCUT2D eigenvalue weighted by Crippen LogP contribution is 2.37. The summed E-state index contributed by atoms with van der Waals surface area (Å²) >= 11 is 0. The fourth-order valence-corrected chi connectivity index (χ4v) is 1.47. The van der Waals surface area contributed by atoms with E-state index in [9.17, 15) is 13.2 Å². The maximum atomic E-state index is 12.7. The van der Waals surface area contributed by atoms with E-state index < -0.39 is 12.1 Å². The molecule has 1 unspecified atom stereocenters. The van der Waals surface area contributed by atoms with E-state index in [4.69, 9.17) is 6.58 Å². The van der Waals surface area contributed by atoms with Gasteiger partial charge in [0.25, 0.3) is 0 Å². The largest absolute Gasteiger partial charge is 0.395 e. The molecule has 0 fully saturated rings. The maximum Gasteiger partial charge on any atom is 0.395 e. The van der Waals surface area contributed by atoms with Crippen LogP contribution in [0.2, 0.25) is 0 Å². The van der Waals surface area contributed by atoms with Crippen molar-refractivity contribution in [2.45, 2.75) is 24.9 Å². The topological polar surface area (TPSA) is 0 Å². The predicted molar refractivity (Wildman–Crippen MR) is 53.3 cm³/mol. The maximum absolute atomic E-state index is 12.7. The lowest BCUT2D eigenvalue weighted by atomic mass is 9.94. The van der Waals surface area contributed by atoms with Crippen molar-refractivity contribution in [3.05, 3.63) is 48.6 Å². The minimum atomic E-state index is -4.20. The molecule has 3 heteroatoms. The first-order valence-electron chi connectivity index (χ1n) is 4.70. The number of benzene rings is 1. The third kappa shape index (κ3) is 3.42. The third-order valence-corrected chi connectivity index (χ3v) is 2.22. The molecule has 81 valence electrons. The summed E-state index contributed by atoms with van der Waals surface area (Å²) in [4.78, 5) is 0. The summed E-state index contributed by atoms with van der Waals surface area (Å²) in [5.74, 6) is -1.42. The molecule has 15 heavy (non-hydrogen) atoms. The van der Waals surface area contributed by atoms with Gasteiger partial charge in [0.15, 0.2) is 0 Å². The molecule has 0 bridgehead atoms. The van der Waals surface area contributed by atoms with Gasteiger partial charge in [-0.2, -0.15) is 13.2 Å². The molecule has 1 radical (unpaired) electrons. The average Bonchev–Trinajstić information content (AvgIpc) is 2.18. The second kappa shape index (κ2) is 5.01. The van der Waals surface area contributed by atoms with Crippen molar-refractivity contribution in [1.29, 1.82) is 0 Å². The monoisotopic (exact) mass is 213 g/mol. The first-order valence-corrected chi connectivity index (χ1v) is 4.70. The van der Waals surface area contributed by atoms with Crippen LogP contribution < -0.4 is 0 Å². The van der Waals surface area contributed by atoms with Crippen LogP contribution in [0.5, 0.6) is 0 Å². The lowest BCUT2D eigenvalue weighted by Gasteiger charge is -2.19.